The van der Waals surface area contributed by atoms with Gasteiger partial charge in [-0.2, -0.15) is 10.1 Å². The molecular weight excluding hydrogens is 170 g/mol. The molecule has 62 valence electrons. The summed E-state index contributed by atoms with van der Waals surface area (Å²) in [6.45, 7) is 0.308. The lowest BCUT2D eigenvalue weighted by Crippen LogP contribution is -2.34. The minimum Gasteiger partial charge on any atom is -0.467 e. The number of nitrogens with zero attached hydrogens (tertiary/aromatic N) is 3. The van der Waals surface area contributed by atoms with Gasteiger partial charge in [-0.1, -0.05) is 0 Å². The van der Waals surface area contributed by atoms with E-state index in [9.17, 15) is 0 Å². The summed E-state index contributed by atoms with van der Waals surface area (Å²) in [7, 11) is 2.99. The molecule has 0 aromatic rings. The number of rotatable bonds is 1. The van der Waals surface area contributed by atoms with Crippen LogP contribution >= 0.6 is 11.6 Å². The number of hydrogen-bond acceptors (Lipinski definition) is 5. The van der Waals surface area contributed by atoms with Gasteiger partial charge in [0, 0.05) is 0 Å². The molecule has 0 N–H and O–H groups in total. The summed E-state index contributed by atoms with van der Waals surface area (Å²) in [5.74, 6) is 0. The maximum Gasteiger partial charge on any atom is 0.321 e. The third-order valence-corrected chi connectivity index (χ3v) is 1.34. The largest absolute Gasteiger partial charge is 0.467 e. The highest BCUT2D eigenvalue weighted by Gasteiger charge is 2.15. The summed E-state index contributed by atoms with van der Waals surface area (Å²) in [6, 6.07) is 0.313. The molecule has 5 nitrogen and oxygen atoms in total. The van der Waals surface area contributed by atoms with Crippen molar-refractivity contribution < 1.29 is 9.57 Å². The number of aliphatic imine (C=N–C) groups is 2. The van der Waals surface area contributed by atoms with Crippen LogP contribution in [0.2, 0.25) is 0 Å². The summed E-state index contributed by atoms with van der Waals surface area (Å²) in [4.78, 5) is 12.4. The lowest BCUT2D eigenvalue weighted by atomic mass is 10.8. The molecule has 0 fully saturated rings. The van der Waals surface area contributed by atoms with Gasteiger partial charge in [0.25, 0.3) is 0 Å². The van der Waals surface area contributed by atoms with Crippen LogP contribution in [0, 0.1) is 0 Å². The van der Waals surface area contributed by atoms with Crippen LogP contribution in [0.5, 0.6) is 0 Å². The molecule has 1 aliphatic rings. The predicted molar refractivity (Wildman–Crippen MR) is 41.4 cm³/mol. The van der Waals surface area contributed by atoms with E-state index < -0.39 is 0 Å². The lowest BCUT2D eigenvalue weighted by molar-refractivity contribution is -0.0810. The third kappa shape index (κ3) is 1.81. The van der Waals surface area contributed by atoms with E-state index in [-0.39, 0.29) is 5.29 Å². The molecule has 0 bridgehead atoms. The number of halogens is 1. The Hall–Kier alpha value is -0.810. The van der Waals surface area contributed by atoms with Crippen molar-refractivity contribution in [3.8, 4) is 0 Å². The average molecular weight is 178 g/mol. The van der Waals surface area contributed by atoms with Gasteiger partial charge in [0.15, 0.2) is 0 Å². The van der Waals surface area contributed by atoms with Crippen LogP contribution in [0.1, 0.15) is 0 Å². The maximum atomic E-state index is 5.51. The first-order valence-electron chi connectivity index (χ1n) is 2.92. The Labute approximate surface area is 69.2 Å². The topological polar surface area (TPSA) is 46.4 Å². The molecule has 0 aromatic heterocycles. The second kappa shape index (κ2) is 3.54. The zero-order valence-corrected chi connectivity index (χ0v) is 7.00. The molecule has 1 aliphatic heterocycles. The van der Waals surface area contributed by atoms with E-state index in [1.165, 1.54) is 19.3 Å². The number of methoxy groups -OCH3 is 1. The molecule has 0 spiro atoms. The summed E-state index contributed by atoms with van der Waals surface area (Å²) in [6.07, 6.45) is 0. The Morgan fingerprint density at radius 3 is 2.82 bits per heavy atom. The molecule has 6 heteroatoms. The van der Waals surface area contributed by atoms with E-state index >= 15 is 0 Å². The summed E-state index contributed by atoms with van der Waals surface area (Å²) in [5.41, 5.74) is 0. The zero-order valence-electron chi connectivity index (χ0n) is 6.24. The molecule has 11 heavy (non-hydrogen) atoms. The normalized spacial score (nSPS) is 17.5. The van der Waals surface area contributed by atoms with Crippen molar-refractivity contribution in [2.75, 3.05) is 20.9 Å². The number of hydrogen-bond donors (Lipinski definition) is 0. The highest BCUT2D eigenvalue weighted by molar-refractivity contribution is 6.65. The standard InChI is InChI=1S/C5H8ClN3O2/c1-10-5-8-4(6)7-3-9(5)11-2/h3H2,1-2H3. The van der Waals surface area contributed by atoms with Crippen LogP contribution < -0.4 is 0 Å². The molecule has 1 heterocycles. The zero-order chi connectivity index (χ0) is 8.27. The molecule has 0 radical (unpaired) electrons. The quantitative estimate of drug-likeness (QED) is 0.546. The fraction of sp³-hybridized carbons (Fsp3) is 0.600. The van der Waals surface area contributed by atoms with Gasteiger partial charge in [-0.05, 0) is 11.6 Å². The van der Waals surface area contributed by atoms with Crippen LogP contribution in [-0.2, 0) is 9.57 Å². The second-order valence-corrected chi connectivity index (χ2v) is 2.07. The van der Waals surface area contributed by atoms with Gasteiger partial charge >= 0.3 is 6.02 Å². The van der Waals surface area contributed by atoms with Gasteiger partial charge in [0.2, 0.25) is 5.29 Å². The lowest BCUT2D eigenvalue weighted by Gasteiger charge is -2.21. The van der Waals surface area contributed by atoms with E-state index in [1.807, 2.05) is 0 Å². The number of amidine groups is 2. The minimum atomic E-state index is 0.176. The smallest absolute Gasteiger partial charge is 0.321 e. The van der Waals surface area contributed by atoms with Crippen molar-refractivity contribution in [3.63, 3.8) is 0 Å². The Bertz CT molecular complexity index is 204. The Balaban J connectivity index is 2.71. The van der Waals surface area contributed by atoms with Crippen molar-refractivity contribution in [3.05, 3.63) is 0 Å². The maximum absolute atomic E-state index is 5.51. The molecule has 0 aliphatic carbocycles. The molecule has 0 aromatic carbocycles. The van der Waals surface area contributed by atoms with E-state index in [2.05, 4.69) is 9.98 Å². The van der Waals surface area contributed by atoms with Crippen molar-refractivity contribution in [1.29, 1.82) is 0 Å². The Morgan fingerprint density at radius 1 is 1.55 bits per heavy atom. The molecule has 0 unspecified atom stereocenters. The minimum absolute atomic E-state index is 0.176. The van der Waals surface area contributed by atoms with Gasteiger partial charge < -0.3 is 4.74 Å². The molecule has 1 rings (SSSR count). The fourth-order valence-electron chi connectivity index (χ4n) is 0.636. The van der Waals surface area contributed by atoms with Crippen LogP contribution in [0.25, 0.3) is 0 Å². The highest BCUT2D eigenvalue weighted by Crippen LogP contribution is 2.03. The van der Waals surface area contributed by atoms with Gasteiger partial charge in [0.05, 0.1) is 14.2 Å². The van der Waals surface area contributed by atoms with Crippen LogP contribution in [0.15, 0.2) is 9.98 Å². The molecule has 0 atom stereocenters. The monoisotopic (exact) mass is 177 g/mol. The first kappa shape index (κ1) is 8.29. The molecule has 0 saturated carbocycles. The van der Waals surface area contributed by atoms with E-state index in [0.717, 1.165) is 0 Å². The average Bonchev–Trinajstić information content (AvgIpc) is 2.04. The molecule has 0 amide bonds. The molecule has 0 saturated heterocycles. The second-order valence-electron chi connectivity index (χ2n) is 1.73. The summed E-state index contributed by atoms with van der Waals surface area (Å²) in [5, 5.41) is 1.56. The number of ether oxygens (including phenoxy) is 1. The first-order valence-corrected chi connectivity index (χ1v) is 3.30. The van der Waals surface area contributed by atoms with E-state index in [1.54, 1.807) is 0 Å². The number of hydroxylamine groups is 2. The fourth-order valence-corrected chi connectivity index (χ4v) is 0.762. The van der Waals surface area contributed by atoms with Crippen molar-refractivity contribution >= 4 is 22.9 Å². The van der Waals surface area contributed by atoms with Crippen LogP contribution in [-0.4, -0.2) is 37.3 Å². The third-order valence-electron chi connectivity index (χ3n) is 1.13. The Morgan fingerprint density at radius 2 is 2.27 bits per heavy atom. The van der Waals surface area contributed by atoms with Crippen molar-refractivity contribution in [2.45, 2.75) is 0 Å². The molecular formula is C5H8ClN3O2. The van der Waals surface area contributed by atoms with E-state index in [0.29, 0.717) is 12.7 Å². The summed E-state index contributed by atoms with van der Waals surface area (Å²) < 4.78 is 4.85. The van der Waals surface area contributed by atoms with Gasteiger partial charge in [-0.15, -0.1) is 0 Å². The van der Waals surface area contributed by atoms with Crippen molar-refractivity contribution in [1.82, 2.24) is 5.06 Å². The highest BCUT2D eigenvalue weighted by atomic mass is 35.5. The SMILES string of the molecule is COC1=NC(Cl)=NCN1OC. The van der Waals surface area contributed by atoms with Gasteiger partial charge in [-0.25, -0.2) is 4.99 Å². The predicted octanol–water partition coefficient (Wildman–Crippen LogP) is 0.418. The van der Waals surface area contributed by atoms with Gasteiger partial charge in [0.1, 0.15) is 6.67 Å². The van der Waals surface area contributed by atoms with Crippen LogP contribution in [0.4, 0.5) is 0 Å². The van der Waals surface area contributed by atoms with E-state index in [4.69, 9.17) is 21.2 Å². The van der Waals surface area contributed by atoms with Crippen LogP contribution in [0.3, 0.4) is 0 Å². The van der Waals surface area contributed by atoms with Crippen molar-refractivity contribution in [2.24, 2.45) is 9.98 Å². The first-order chi connectivity index (χ1) is 5.27. The Kier molecular flexibility index (Phi) is 2.67. The van der Waals surface area contributed by atoms with Gasteiger partial charge in [-0.3, -0.25) is 4.84 Å². The summed E-state index contributed by atoms with van der Waals surface area (Å²) >= 11 is 5.51.